The van der Waals surface area contributed by atoms with Crippen LogP contribution in [0.5, 0.6) is 0 Å². The number of aromatic amines is 1. The summed E-state index contributed by atoms with van der Waals surface area (Å²) in [5.41, 5.74) is -0.240. The van der Waals surface area contributed by atoms with Crippen molar-refractivity contribution in [3.05, 3.63) is 78.7 Å². The first-order valence-electron chi connectivity index (χ1n) is 6.77. The second-order valence-electron chi connectivity index (χ2n) is 5.14. The normalized spacial score (nSPS) is 12.5. The van der Waals surface area contributed by atoms with Crippen molar-refractivity contribution in [3.63, 3.8) is 0 Å². The lowest BCUT2D eigenvalue weighted by Gasteiger charge is -2.15. The molecule has 0 saturated heterocycles. The van der Waals surface area contributed by atoms with Crippen LogP contribution in [0.25, 0.3) is 10.9 Å². The molecule has 0 unspecified atom stereocenters. The van der Waals surface area contributed by atoms with Gasteiger partial charge in [0.15, 0.2) is 0 Å². The minimum Gasteiger partial charge on any atom is -0.307 e. The van der Waals surface area contributed by atoms with Crippen molar-refractivity contribution in [2.24, 2.45) is 0 Å². The zero-order valence-corrected chi connectivity index (χ0v) is 13.5. The summed E-state index contributed by atoms with van der Waals surface area (Å²) in [5.74, 6) is -0.714. The van der Waals surface area contributed by atoms with Crippen molar-refractivity contribution in [2.45, 2.75) is 13.0 Å². The molecule has 1 atom stereocenters. The van der Waals surface area contributed by atoms with Crippen molar-refractivity contribution in [1.29, 1.82) is 0 Å². The molecule has 118 valence electrons. The maximum Gasteiger partial charge on any atom is 0.329 e. The number of nitrogens with zero attached hydrogens (tertiary/aromatic N) is 1. The Morgan fingerprint density at radius 2 is 1.78 bits per heavy atom. The van der Waals surface area contributed by atoms with E-state index in [1.54, 1.807) is 31.2 Å². The molecule has 2 aromatic carbocycles. The quantitative estimate of drug-likeness (QED) is 0.763. The predicted octanol–water partition coefficient (Wildman–Crippen LogP) is 3.75. The molecule has 0 aliphatic heterocycles. The summed E-state index contributed by atoms with van der Waals surface area (Å²) in [6, 6.07) is 8.52. The lowest BCUT2D eigenvalue weighted by Crippen LogP contribution is -2.37. The number of fused-ring (bicyclic) bond motifs is 1. The van der Waals surface area contributed by atoms with Crippen LogP contribution in [-0.2, 0) is 0 Å². The van der Waals surface area contributed by atoms with Gasteiger partial charge in [-0.3, -0.25) is 9.36 Å². The van der Waals surface area contributed by atoms with E-state index < -0.39 is 23.1 Å². The summed E-state index contributed by atoms with van der Waals surface area (Å²) < 4.78 is 14.7. The Bertz CT molecular complexity index is 1010. The molecule has 0 saturated carbocycles. The van der Waals surface area contributed by atoms with Crippen LogP contribution in [0.1, 0.15) is 18.5 Å². The van der Waals surface area contributed by atoms with Gasteiger partial charge >= 0.3 is 5.69 Å². The van der Waals surface area contributed by atoms with Gasteiger partial charge in [0, 0.05) is 5.02 Å². The third kappa shape index (κ3) is 2.78. The number of rotatable bonds is 2. The van der Waals surface area contributed by atoms with Gasteiger partial charge in [0.05, 0.1) is 22.0 Å². The van der Waals surface area contributed by atoms with Gasteiger partial charge in [-0.25, -0.2) is 9.18 Å². The Balaban J connectivity index is 2.25. The van der Waals surface area contributed by atoms with Crippen LogP contribution in [0.4, 0.5) is 4.39 Å². The highest BCUT2D eigenvalue weighted by Crippen LogP contribution is 2.21. The van der Waals surface area contributed by atoms with Crippen LogP contribution in [0.2, 0.25) is 10.0 Å². The third-order valence-corrected chi connectivity index (χ3v) is 4.25. The minimum atomic E-state index is -0.714. The van der Waals surface area contributed by atoms with Crippen LogP contribution in [0.3, 0.4) is 0 Å². The molecule has 0 spiro atoms. The molecular weight excluding hydrogens is 342 g/mol. The van der Waals surface area contributed by atoms with Crippen LogP contribution in [-0.4, -0.2) is 9.55 Å². The second-order valence-corrected chi connectivity index (χ2v) is 5.99. The molecule has 7 heteroatoms. The number of benzene rings is 2. The van der Waals surface area contributed by atoms with Crippen molar-refractivity contribution >= 4 is 34.1 Å². The smallest absolute Gasteiger partial charge is 0.307 e. The van der Waals surface area contributed by atoms with E-state index in [1.807, 2.05) is 0 Å². The zero-order valence-electron chi connectivity index (χ0n) is 11.9. The molecule has 3 rings (SSSR count). The van der Waals surface area contributed by atoms with E-state index in [0.29, 0.717) is 5.02 Å². The van der Waals surface area contributed by atoms with Gasteiger partial charge in [-0.15, -0.1) is 0 Å². The van der Waals surface area contributed by atoms with Crippen LogP contribution in [0, 0.1) is 5.82 Å². The highest BCUT2D eigenvalue weighted by Gasteiger charge is 2.16. The van der Waals surface area contributed by atoms with Gasteiger partial charge in [-0.1, -0.05) is 35.3 Å². The Labute approximate surface area is 140 Å². The molecule has 1 aromatic heterocycles. The Morgan fingerprint density at radius 3 is 2.43 bits per heavy atom. The fraction of sp³-hybridized carbons (Fsp3) is 0.125. The van der Waals surface area contributed by atoms with Crippen molar-refractivity contribution in [2.75, 3.05) is 0 Å². The molecule has 0 amide bonds. The second kappa shape index (κ2) is 5.83. The van der Waals surface area contributed by atoms with Gasteiger partial charge in [-0.05, 0) is 36.8 Å². The molecule has 3 aromatic rings. The van der Waals surface area contributed by atoms with E-state index in [-0.39, 0.29) is 15.9 Å². The highest BCUT2D eigenvalue weighted by molar-refractivity contribution is 6.31. The van der Waals surface area contributed by atoms with Crippen LogP contribution >= 0.6 is 23.2 Å². The number of aromatic nitrogens is 2. The topological polar surface area (TPSA) is 54.9 Å². The summed E-state index contributed by atoms with van der Waals surface area (Å²) in [6.07, 6.45) is 0. The average Bonchev–Trinajstić information content (AvgIpc) is 2.50. The Hall–Kier alpha value is -2.11. The summed E-state index contributed by atoms with van der Waals surface area (Å²) in [5, 5.41) is 0.459. The van der Waals surface area contributed by atoms with E-state index in [2.05, 4.69) is 4.98 Å². The maximum absolute atomic E-state index is 13.6. The van der Waals surface area contributed by atoms with Crippen molar-refractivity contribution in [3.8, 4) is 0 Å². The van der Waals surface area contributed by atoms with Crippen molar-refractivity contribution in [1.82, 2.24) is 9.55 Å². The fourth-order valence-electron chi connectivity index (χ4n) is 2.47. The number of H-pyrrole nitrogens is 1. The monoisotopic (exact) mass is 352 g/mol. The standard InChI is InChI=1S/C16H11Cl2FN2O2/c1-8(9-2-4-10(17)5-3-9)21-15(22)11-6-13(19)12(18)7-14(11)20-16(21)23/h2-8H,1H3,(H,20,23)/t8-/m1/s1. The van der Waals surface area contributed by atoms with E-state index in [9.17, 15) is 14.0 Å². The minimum absolute atomic E-state index is 0.0623. The lowest BCUT2D eigenvalue weighted by molar-refractivity contribution is 0.584. The molecule has 4 nitrogen and oxygen atoms in total. The largest absolute Gasteiger partial charge is 0.329 e. The van der Waals surface area contributed by atoms with Gasteiger partial charge in [-0.2, -0.15) is 0 Å². The summed E-state index contributed by atoms with van der Waals surface area (Å²) >= 11 is 11.5. The molecular formula is C16H11Cl2FN2O2. The van der Waals surface area contributed by atoms with E-state index in [0.717, 1.165) is 16.2 Å². The number of halogens is 3. The first kappa shape index (κ1) is 15.8. The van der Waals surface area contributed by atoms with E-state index >= 15 is 0 Å². The first-order chi connectivity index (χ1) is 10.9. The Morgan fingerprint density at radius 1 is 1.13 bits per heavy atom. The molecule has 23 heavy (non-hydrogen) atoms. The van der Waals surface area contributed by atoms with Gasteiger partial charge in [0.2, 0.25) is 0 Å². The number of nitrogens with one attached hydrogen (secondary N) is 1. The van der Waals surface area contributed by atoms with E-state index in [4.69, 9.17) is 23.2 Å². The molecule has 1 heterocycles. The number of hydrogen-bond acceptors (Lipinski definition) is 2. The first-order valence-corrected chi connectivity index (χ1v) is 7.53. The Kier molecular flexibility index (Phi) is 4.00. The van der Waals surface area contributed by atoms with Crippen LogP contribution in [0.15, 0.2) is 46.0 Å². The predicted molar refractivity (Wildman–Crippen MR) is 89.1 cm³/mol. The van der Waals surface area contributed by atoms with Gasteiger partial charge in [0.25, 0.3) is 5.56 Å². The highest BCUT2D eigenvalue weighted by atomic mass is 35.5. The molecule has 0 aliphatic rings. The average molecular weight is 353 g/mol. The molecule has 0 aliphatic carbocycles. The molecule has 0 bridgehead atoms. The number of hydrogen-bond donors (Lipinski definition) is 1. The van der Waals surface area contributed by atoms with Gasteiger partial charge < -0.3 is 4.98 Å². The van der Waals surface area contributed by atoms with Crippen molar-refractivity contribution < 1.29 is 4.39 Å². The lowest BCUT2D eigenvalue weighted by atomic mass is 10.1. The molecule has 1 N–H and O–H groups in total. The maximum atomic E-state index is 13.6. The summed E-state index contributed by atoms with van der Waals surface area (Å²) in [6.45, 7) is 1.71. The summed E-state index contributed by atoms with van der Waals surface area (Å²) in [7, 11) is 0. The van der Waals surface area contributed by atoms with Crippen LogP contribution < -0.4 is 11.2 Å². The molecule has 0 fully saturated rings. The summed E-state index contributed by atoms with van der Waals surface area (Å²) in [4.78, 5) is 27.4. The zero-order chi connectivity index (χ0) is 16.7. The third-order valence-electron chi connectivity index (χ3n) is 3.71. The molecule has 0 radical (unpaired) electrons. The van der Waals surface area contributed by atoms with Gasteiger partial charge in [0.1, 0.15) is 5.82 Å². The SMILES string of the molecule is C[C@H](c1ccc(Cl)cc1)n1c(=O)[nH]c2cc(Cl)c(F)cc2c1=O. The van der Waals surface area contributed by atoms with E-state index in [1.165, 1.54) is 6.07 Å². The fourth-order valence-corrected chi connectivity index (χ4v) is 2.76.